The quantitative estimate of drug-likeness (QED) is 0.906. The van der Waals surface area contributed by atoms with Crippen LogP contribution in [-0.4, -0.2) is 56.1 Å². The Hall–Kier alpha value is -1.12. The number of hydrogen-bond acceptors (Lipinski definition) is 4. The van der Waals surface area contributed by atoms with Crippen LogP contribution in [0, 0.1) is 0 Å². The lowest BCUT2D eigenvalue weighted by molar-refractivity contribution is 0.183. The van der Waals surface area contributed by atoms with Gasteiger partial charge in [-0.1, -0.05) is 6.07 Å². The summed E-state index contributed by atoms with van der Waals surface area (Å²) in [5.41, 5.74) is 0. The number of thiophene rings is 1. The number of piperidine rings is 1. The number of urea groups is 1. The summed E-state index contributed by atoms with van der Waals surface area (Å²) in [6.07, 6.45) is 2.78. The third-order valence-corrected chi connectivity index (χ3v) is 6.35. The minimum absolute atomic E-state index is 0.00500. The molecule has 0 radical (unpaired) electrons. The molecule has 8 heteroatoms. The summed E-state index contributed by atoms with van der Waals surface area (Å²) in [6.45, 7) is 2.87. The van der Waals surface area contributed by atoms with Gasteiger partial charge in [0, 0.05) is 31.1 Å². The zero-order valence-electron chi connectivity index (χ0n) is 13.2. The normalized spacial score (nSPS) is 21.3. The lowest BCUT2D eigenvalue weighted by atomic mass is 10.1. The standard InChI is InChI=1S/C14H23N3O3S2/c1-11(13-7-5-9-21-13)16(2)14(18)15-12-6-4-8-17(10-12)22(3,19)20/h5,7,9,11-12H,4,6,8,10H2,1-3H3,(H,15,18). The fourth-order valence-electron chi connectivity index (χ4n) is 2.53. The lowest BCUT2D eigenvalue weighted by Gasteiger charge is -2.33. The fourth-order valence-corrected chi connectivity index (χ4v) is 4.27. The Morgan fingerprint density at radius 1 is 1.55 bits per heavy atom. The van der Waals surface area contributed by atoms with Crippen molar-refractivity contribution in [2.24, 2.45) is 0 Å². The van der Waals surface area contributed by atoms with Crippen molar-refractivity contribution in [1.82, 2.24) is 14.5 Å². The third kappa shape index (κ3) is 4.21. The maximum Gasteiger partial charge on any atom is 0.317 e. The van der Waals surface area contributed by atoms with Crippen LogP contribution in [0.5, 0.6) is 0 Å². The number of nitrogens with zero attached hydrogens (tertiary/aromatic N) is 2. The molecule has 0 spiro atoms. The van der Waals surface area contributed by atoms with Gasteiger partial charge in [0.25, 0.3) is 0 Å². The maximum atomic E-state index is 12.4. The molecule has 2 atom stereocenters. The predicted octanol–water partition coefficient (Wildman–Crippen LogP) is 1.87. The van der Waals surface area contributed by atoms with Gasteiger partial charge in [0.05, 0.1) is 12.3 Å². The lowest BCUT2D eigenvalue weighted by Crippen LogP contribution is -2.52. The van der Waals surface area contributed by atoms with Crippen LogP contribution >= 0.6 is 11.3 Å². The topological polar surface area (TPSA) is 69.7 Å². The second-order valence-corrected chi connectivity index (χ2v) is 8.67. The van der Waals surface area contributed by atoms with Gasteiger partial charge in [-0.2, -0.15) is 0 Å². The predicted molar refractivity (Wildman–Crippen MR) is 88.5 cm³/mol. The van der Waals surface area contributed by atoms with Gasteiger partial charge in [-0.3, -0.25) is 0 Å². The number of amides is 2. The molecule has 1 aromatic heterocycles. The summed E-state index contributed by atoms with van der Waals surface area (Å²) >= 11 is 1.62. The van der Waals surface area contributed by atoms with Crippen molar-refractivity contribution in [2.45, 2.75) is 31.8 Å². The van der Waals surface area contributed by atoms with E-state index < -0.39 is 10.0 Å². The monoisotopic (exact) mass is 345 g/mol. The molecular formula is C14H23N3O3S2. The third-order valence-electron chi connectivity index (χ3n) is 4.04. The molecule has 124 valence electrons. The van der Waals surface area contributed by atoms with Crippen LogP contribution in [0.2, 0.25) is 0 Å². The van der Waals surface area contributed by atoms with Gasteiger partial charge in [0.2, 0.25) is 10.0 Å². The molecular weight excluding hydrogens is 322 g/mol. The van der Waals surface area contributed by atoms with E-state index >= 15 is 0 Å². The minimum atomic E-state index is -3.20. The van der Waals surface area contributed by atoms with Gasteiger partial charge in [-0.25, -0.2) is 17.5 Å². The highest BCUT2D eigenvalue weighted by molar-refractivity contribution is 7.88. The summed E-state index contributed by atoms with van der Waals surface area (Å²) in [5.74, 6) is 0. The van der Waals surface area contributed by atoms with Crippen molar-refractivity contribution >= 4 is 27.4 Å². The van der Waals surface area contributed by atoms with Crippen molar-refractivity contribution < 1.29 is 13.2 Å². The molecule has 1 N–H and O–H groups in total. The molecule has 0 aromatic carbocycles. The molecule has 0 bridgehead atoms. The highest BCUT2D eigenvalue weighted by Gasteiger charge is 2.28. The molecule has 1 aromatic rings. The van der Waals surface area contributed by atoms with Gasteiger partial charge < -0.3 is 10.2 Å². The Balaban J connectivity index is 1.93. The number of nitrogens with one attached hydrogen (secondary N) is 1. The van der Waals surface area contributed by atoms with E-state index in [1.165, 1.54) is 10.6 Å². The molecule has 2 amide bonds. The van der Waals surface area contributed by atoms with E-state index in [2.05, 4.69) is 5.32 Å². The smallest absolute Gasteiger partial charge is 0.317 e. The summed E-state index contributed by atoms with van der Waals surface area (Å²) in [6, 6.07) is 3.67. The van der Waals surface area contributed by atoms with E-state index in [0.29, 0.717) is 13.1 Å². The Kier molecular flexibility index (Phi) is 5.46. The van der Waals surface area contributed by atoms with Gasteiger partial charge in [0.15, 0.2) is 0 Å². The Morgan fingerprint density at radius 2 is 2.27 bits per heavy atom. The maximum absolute atomic E-state index is 12.4. The van der Waals surface area contributed by atoms with Gasteiger partial charge >= 0.3 is 6.03 Å². The Morgan fingerprint density at radius 3 is 2.86 bits per heavy atom. The van der Waals surface area contributed by atoms with Crippen LogP contribution in [0.25, 0.3) is 0 Å². The second-order valence-electron chi connectivity index (χ2n) is 5.71. The molecule has 1 aliphatic heterocycles. The van der Waals surface area contributed by atoms with Gasteiger partial charge in [0.1, 0.15) is 0 Å². The van der Waals surface area contributed by atoms with Crippen LogP contribution in [-0.2, 0) is 10.0 Å². The Bertz CT molecular complexity index is 601. The largest absolute Gasteiger partial charge is 0.334 e. The number of rotatable bonds is 4. The van der Waals surface area contributed by atoms with E-state index in [4.69, 9.17) is 0 Å². The van der Waals surface area contributed by atoms with Crippen molar-refractivity contribution in [3.63, 3.8) is 0 Å². The first-order valence-corrected chi connectivity index (χ1v) is 10.0. The first-order valence-electron chi connectivity index (χ1n) is 7.31. The summed E-state index contributed by atoms with van der Waals surface area (Å²) < 4.78 is 24.7. The van der Waals surface area contributed by atoms with Crippen LogP contribution in [0.15, 0.2) is 17.5 Å². The van der Waals surface area contributed by atoms with Gasteiger partial charge in [-0.15, -0.1) is 11.3 Å². The molecule has 0 aliphatic carbocycles. The summed E-state index contributed by atoms with van der Waals surface area (Å²) in [7, 11) is -1.44. The molecule has 2 unspecified atom stereocenters. The molecule has 22 heavy (non-hydrogen) atoms. The average Bonchev–Trinajstić information content (AvgIpc) is 2.99. The first-order chi connectivity index (χ1) is 10.3. The highest BCUT2D eigenvalue weighted by Crippen LogP contribution is 2.23. The molecule has 2 heterocycles. The SMILES string of the molecule is CC(c1cccs1)N(C)C(=O)NC1CCCN(S(C)(=O)=O)C1. The number of sulfonamides is 1. The molecule has 2 rings (SSSR count). The van der Waals surface area contributed by atoms with Crippen molar-refractivity contribution in [3.8, 4) is 0 Å². The van der Waals surface area contributed by atoms with Crippen LogP contribution in [0.3, 0.4) is 0 Å². The second kappa shape index (κ2) is 6.97. The Labute approximate surface area is 136 Å². The number of carbonyl (C=O) groups is 1. The van der Waals surface area contributed by atoms with E-state index in [9.17, 15) is 13.2 Å². The van der Waals surface area contributed by atoms with Crippen molar-refractivity contribution in [2.75, 3.05) is 26.4 Å². The van der Waals surface area contributed by atoms with Crippen molar-refractivity contribution in [3.05, 3.63) is 22.4 Å². The van der Waals surface area contributed by atoms with E-state index in [-0.39, 0.29) is 18.1 Å². The van der Waals surface area contributed by atoms with Gasteiger partial charge in [-0.05, 0) is 31.2 Å². The van der Waals surface area contributed by atoms with Crippen LogP contribution in [0.1, 0.15) is 30.7 Å². The average molecular weight is 345 g/mol. The molecule has 1 aliphatic rings. The molecule has 1 saturated heterocycles. The van der Waals surface area contributed by atoms with E-state index in [0.717, 1.165) is 17.7 Å². The van der Waals surface area contributed by atoms with E-state index in [1.807, 2.05) is 24.4 Å². The van der Waals surface area contributed by atoms with E-state index in [1.54, 1.807) is 23.3 Å². The number of carbonyl (C=O) groups excluding carboxylic acids is 1. The zero-order valence-corrected chi connectivity index (χ0v) is 14.8. The minimum Gasteiger partial charge on any atom is -0.334 e. The molecule has 0 saturated carbocycles. The molecule has 6 nitrogen and oxygen atoms in total. The fraction of sp³-hybridized carbons (Fsp3) is 0.643. The zero-order chi connectivity index (χ0) is 16.3. The van der Waals surface area contributed by atoms with Crippen LogP contribution in [0.4, 0.5) is 4.79 Å². The number of hydrogen-bond donors (Lipinski definition) is 1. The summed E-state index contributed by atoms with van der Waals surface area (Å²) in [5, 5.41) is 4.94. The highest BCUT2D eigenvalue weighted by atomic mass is 32.2. The molecule has 1 fully saturated rings. The van der Waals surface area contributed by atoms with Crippen molar-refractivity contribution in [1.29, 1.82) is 0 Å². The summed E-state index contributed by atoms with van der Waals surface area (Å²) in [4.78, 5) is 15.1. The first kappa shape index (κ1) is 17.2. The van der Waals surface area contributed by atoms with Crippen LogP contribution < -0.4 is 5.32 Å².